The van der Waals surface area contributed by atoms with Crippen LogP contribution in [-0.2, 0) is 22.4 Å². The summed E-state index contributed by atoms with van der Waals surface area (Å²) in [5.74, 6) is -0.0476. The first-order valence-corrected chi connectivity index (χ1v) is 8.51. The molecule has 0 aromatic heterocycles. The maximum absolute atomic E-state index is 12.0. The highest BCUT2D eigenvalue weighted by atomic mass is 32.2. The maximum atomic E-state index is 12.0. The Kier molecular flexibility index (Phi) is 5.15. The van der Waals surface area contributed by atoms with Gasteiger partial charge in [-0.05, 0) is 31.0 Å². The number of likely N-dealkylation sites (N-methyl/N-ethyl adjacent to an activating group) is 1. The van der Waals surface area contributed by atoms with Gasteiger partial charge in [0.1, 0.15) is 0 Å². The van der Waals surface area contributed by atoms with Crippen molar-refractivity contribution < 1.29 is 13.5 Å². The fourth-order valence-electron chi connectivity index (χ4n) is 2.16. The van der Waals surface area contributed by atoms with Crippen LogP contribution in [0.25, 0.3) is 0 Å². The summed E-state index contributed by atoms with van der Waals surface area (Å²) >= 11 is 0. The SMILES string of the molecule is CN(CCNS(=O)(=O)Cc1cccc(CO)c1)C1CC1. The molecule has 1 saturated carbocycles. The molecule has 5 nitrogen and oxygen atoms in total. The van der Waals surface area contributed by atoms with E-state index in [2.05, 4.69) is 9.62 Å². The number of nitrogens with one attached hydrogen (secondary N) is 1. The monoisotopic (exact) mass is 298 g/mol. The van der Waals surface area contributed by atoms with Gasteiger partial charge in [0.05, 0.1) is 12.4 Å². The van der Waals surface area contributed by atoms with Crippen molar-refractivity contribution in [2.75, 3.05) is 20.1 Å². The van der Waals surface area contributed by atoms with Crippen LogP contribution >= 0.6 is 0 Å². The fraction of sp³-hybridized carbons (Fsp3) is 0.571. The van der Waals surface area contributed by atoms with Crippen molar-refractivity contribution in [3.05, 3.63) is 35.4 Å². The van der Waals surface area contributed by atoms with Crippen molar-refractivity contribution in [3.63, 3.8) is 0 Å². The first-order valence-electron chi connectivity index (χ1n) is 6.86. The van der Waals surface area contributed by atoms with Crippen LogP contribution in [0.4, 0.5) is 0 Å². The third-order valence-electron chi connectivity index (χ3n) is 3.49. The molecule has 112 valence electrons. The van der Waals surface area contributed by atoms with Crippen molar-refractivity contribution >= 4 is 10.0 Å². The predicted octanol–water partition coefficient (Wildman–Crippen LogP) is 0.692. The Hall–Kier alpha value is -0.950. The van der Waals surface area contributed by atoms with Crippen molar-refractivity contribution in [1.82, 2.24) is 9.62 Å². The lowest BCUT2D eigenvalue weighted by molar-refractivity contribution is 0.282. The summed E-state index contributed by atoms with van der Waals surface area (Å²) in [6.45, 7) is 1.10. The van der Waals surface area contributed by atoms with E-state index in [4.69, 9.17) is 5.11 Å². The summed E-state index contributed by atoms with van der Waals surface area (Å²) in [4.78, 5) is 2.19. The molecular weight excluding hydrogens is 276 g/mol. The lowest BCUT2D eigenvalue weighted by atomic mass is 10.1. The van der Waals surface area contributed by atoms with Gasteiger partial charge in [0.15, 0.2) is 0 Å². The molecule has 0 amide bonds. The van der Waals surface area contributed by atoms with E-state index in [1.807, 2.05) is 7.05 Å². The zero-order chi connectivity index (χ0) is 14.6. The number of hydrogen-bond donors (Lipinski definition) is 2. The van der Waals surface area contributed by atoms with Gasteiger partial charge in [0.2, 0.25) is 10.0 Å². The fourth-order valence-corrected chi connectivity index (χ4v) is 3.29. The smallest absolute Gasteiger partial charge is 0.215 e. The van der Waals surface area contributed by atoms with E-state index in [9.17, 15) is 8.42 Å². The molecule has 1 fully saturated rings. The minimum Gasteiger partial charge on any atom is -0.392 e. The molecular formula is C14H22N2O3S. The van der Waals surface area contributed by atoms with E-state index in [0.717, 1.165) is 12.1 Å². The second kappa shape index (κ2) is 6.67. The lowest BCUT2D eigenvalue weighted by Gasteiger charge is -2.15. The maximum Gasteiger partial charge on any atom is 0.215 e. The normalized spacial score (nSPS) is 15.8. The van der Waals surface area contributed by atoms with E-state index in [0.29, 0.717) is 18.2 Å². The van der Waals surface area contributed by atoms with E-state index in [1.54, 1.807) is 24.3 Å². The molecule has 1 aromatic carbocycles. The van der Waals surface area contributed by atoms with Gasteiger partial charge in [-0.3, -0.25) is 0 Å². The molecule has 0 heterocycles. The van der Waals surface area contributed by atoms with E-state index < -0.39 is 10.0 Å². The third kappa shape index (κ3) is 4.86. The molecule has 0 spiro atoms. The molecule has 0 radical (unpaired) electrons. The van der Waals surface area contributed by atoms with Gasteiger partial charge >= 0.3 is 0 Å². The summed E-state index contributed by atoms with van der Waals surface area (Å²) in [5.41, 5.74) is 1.42. The van der Waals surface area contributed by atoms with Crippen LogP contribution in [0.15, 0.2) is 24.3 Å². The minimum absolute atomic E-state index is 0.0476. The van der Waals surface area contributed by atoms with Gasteiger partial charge in [-0.15, -0.1) is 0 Å². The quantitative estimate of drug-likeness (QED) is 0.741. The first kappa shape index (κ1) is 15.4. The molecule has 0 unspecified atom stereocenters. The minimum atomic E-state index is -3.32. The molecule has 0 bridgehead atoms. The topological polar surface area (TPSA) is 69.6 Å². The number of sulfonamides is 1. The van der Waals surface area contributed by atoms with Crippen LogP contribution in [0.2, 0.25) is 0 Å². The molecule has 0 atom stereocenters. The Morgan fingerprint density at radius 1 is 1.35 bits per heavy atom. The highest BCUT2D eigenvalue weighted by Gasteiger charge is 2.25. The zero-order valence-corrected chi connectivity index (χ0v) is 12.6. The molecule has 0 saturated heterocycles. The van der Waals surface area contributed by atoms with Crippen LogP contribution in [-0.4, -0.2) is 44.6 Å². The number of rotatable bonds is 8. The summed E-state index contributed by atoms with van der Waals surface area (Å²) in [5, 5.41) is 9.05. The van der Waals surface area contributed by atoms with Crippen molar-refractivity contribution in [2.45, 2.75) is 31.2 Å². The lowest BCUT2D eigenvalue weighted by Crippen LogP contribution is -2.34. The standard InChI is InChI=1S/C14H22N2O3S/c1-16(14-5-6-14)8-7-15-20(18,19)11-13-4-2-3-12(9-13)10-17/h2-4,9,14-15,17H,5-8,10-11H2,1H3. The van der Waals surface area contributed by atoms with Gasteiger partial charge in [-0.25, -0.2) is 13.1 Å². The Morgan fingerprint density at radius 2 is 2.05 bits per heavy atom. The molecule has 20 heavy (non-hydrogen) atoms. The molecule has 1 aliphatic carbocycles. The first-order chi connectivity index (χ1) is 9.50. The number of benzene rings is 1. The average Bonchev–Trinajstić information content (AvgIpc) is 3.22. The predicted molar refractivity (Wildman–Crippen MR) is 78.6 cm³/mol. The number of hydrogen-bond acceptors (Lipinski definition) is 4. The number of aliphatic hydroxyl groups is 1. The Balaban J connectivity index is 1.83. The highest BCUT2D eigenvalue weighted by Crippen LogP contribution is 2.24. The van der Waals surface area contributed by atoms with E-state index in [1.165, 1.54) is 12.8 Å². The van der Waals surface area contributed by atoms with Gasteiger partial charge < -0.3 is 10.0 Å². The molecule has 1 aliphatic rings. The highest BCUT2D eigenvalue weighted by molar-refractivity contribution is 7.88. The van der Waals surface area contributed by atoms with Crippen molar-refractivity contribution in [3.8, 4) is 0 Å². The molecule has 2 rings (SSSR count). The van der Waals surface area contributed by atoms with Crippen molar-refractivity contribution in [1.29, 1.82) is 0 Å². The Labute approximate surface area is 120 Å². The third-order valence-corrected chi connectivity index (χ3v) is 4.84. The Morgan fingerprint density at radius 3 is 2.70 bits per heavy atom. The summed E-state index contributed by atoms with van der Waals surface area (Å²) in [7, 11) is -1.29. The summed E-state index contributed by atoms with van der Waals surface area (Å²) in [6.07, 6.45) is 2.44. The van der Waals surface area contributed by atoms with Crippen molar-refractivity contribution in [2.24, 2.45) is 0 Å². The van der Waals surface area contributed by atoms with Crippen LogP contribution < -0.4 is 4.72 Å². The molecule has 2 N–H and O–H groups in total. The van der Waals surface area contributed by atoms with Crippen LogP contribution in [0.3, 0.4) is 0 Å². The Bertz CT molecular complexity index is 541. The van der Waals surface area contributed by atoms with Crippen LogP contribution in [0.1, 0.15) is 24.0 Å². The molecule has 6 heteroatoms. The van der Waals surface area contributed by atoms with E-state index >= 15 is 0 Å². The van der Waals surface area contributed by atoms with Crippen LogP contribution in [0, 0.1) is 0 Å². The van der Waals surface area contributed by atoms with Gasteiger partial charge in [-0.2, -0.15) is 0 Å². The zero-order valence-electron chi connectivity index (χ0n) is 11.7. The second-order valence-electron chi connectivity index (χ2n) is 5.34. The summed E-state index contributed by atoms with van der Waals surface area (Å²) < 4.78 is 26.6. The largest absolute Gasteiger partial charge is 0.392 e. The average molecular weight is 298 g/mol. The molecule has 0 aliphatic heterocycles. The van der Waals surface area contributed by atoms with Crippen LogP contribution in [0.5, 0.6) is 0 Å². The number of nitrogens with zero attached hydrogens (tertiary/aromatic N) is 1. The van der Waals surface area contributed by atoms with Gasteiger partial charge in [0.25, 0.3) is 0 Å². The van der Waals surface area contributed by atoms with Gasteiger partial charge in [0, 0.05) is 19.1 Å². The summed E-state index contributed by atoms with van der Waals surface area (Å²) in [6, 6.07) is 7.65. The second-order valence-corrected chi connectivity index (χ2v) is 7.15. The van der Waals surface area contributed by atoms with Gasteiger partial charge in [-0.1, -0.05) is 24.3 Å². The molecule has 1 aromatic rings. The van der Waals surface area contributed by atoms with E-state index in [-0.39, 0.29) is 12.4 Å². The number of aliphatic hydroxyl groups excluding tert-OH is 1.